The zero-order valence-corrected chi connectivity index (χ0v) is 17.2. The van der Waals surface area contributed by atoms with Crippen molar-refractivity contribution in [1.82, 2.24) is 0 Å². The number of aliphatic hydroxyl groups excluding tert-OH is 1. The SMILES string of the molecule is [CH2]C(CO)COC(=O)CCC(OCC/C=C\CCC)OCC/C=C\CCC. The van der Waals surface area contributed by atoms with Crippen molar-refractivity contribution < 1.29 is 24.1 Å². The first-order chi connectivity index (χ1) is 13.1. The summed E-state index contributed by atoms with van der Waals surface area (Å²) in [4.78, 5) is 11.8. The Kier molecular flexibility index (Phi) is 18.7. The third kappa shape index (κ3) is 18.0. The third-order valence-electron chi connectivity index (χ3n) is 3.74. The summed E-state index contributed by atoms with van der Waals surface area (Å²) < 4.78 is 16.7. The number of carbonyl (C=O) groups excluding carboxylic acids is 1. The van der Waals surface area contributed by atoms with Gasteiger partial charge in [-0.15, -0.1) is 0 Å². The van der Waals surface area contributed by atoms with Gasteiger partial charge in [0.15, 0.2) is 6.29 Å². The molecule has 0 aliphatic heterocycles. The first-order valence-corrected chi connectivity index (χ1v) is 10.3. The molecular weight excluding hydrogens is 344 g/mol. The largest absolute Gasteiger partial charge is 0.465 e. The van der Waals surface area contributed by atoms with Gasteiger partial charge in [-0.25, -0.2) is 0 Å². The lowest BCUT2D eigenvalue weighted by Crippen LogP contribution is -2.21. The number of ether oxygens (including phenoxy) is 3. The van der Waals surface area contributed by atoms with Crippen molar-refractivity contribution in [2.75, 3.05) is 26.4 Å². The molecule has 1 N–H and O–H groups in total. The van der Waals surface area contributed by atoms with E-state index in [1.165, 1.54) is 0 Å². The molecule has 0 fully saturated rings. The van der Waals surface area contributed by atoms with Crippen molar-refractivity contribution in [2.24, 2.45) is 5.92 Å². The van der Waals surface area contributed by atoms with E-state index in [-0.39, 0.29) is 31.5 Å². The van der Waals surface area contributed by atoms with Crippen molar-refractivity contribution in [1.29, 1.82) is 0 Å². The van der Waals surface area contributed by atoms with Gasteiger partial charge < -0.3 is 19.3 Å². The molecule has 0 heterocycles. The van der Waals surface area contributed by atoms with Crippen LogP contribution in [0.25, 0.3) is 0 Å². The molecular formula is C22H39O5. The molecule has 0 bridgehead atoms. The van der Waals surface area contributed by atoms with Crippen LogP contribution in [0, 0.1) is 12.8 Å². The van der Waals surface area contributed by atoms with E-state index in [1.807, 2.05) is 0 Å². The minimum Gasteiger partial charge on any atom is -0.465 e. The van der Waals surface area contributed by atoms with Gasteiger partial charge >= 0.3 is 5.97 Å². The quantitative estimate of drug-likeness (QED) is 0.162. The Bertz CT molecular complexity index is 370. The van der Waals surface area contributed by atoms with Crippen LogP contribution in [0.15, 0.2) is 24.3 Å². The van der Waals surface area contributed by atoms with Gasteiger partial charge in [0.1, 0.15) is 0 Å². The highest BCUT2D eigenvalue weighted by Gasteiger charge is 2.13. The standard InChI is InChI=1S/C22H39O5/c1-4-6-8-10-12-16-25-22(26-17-13-11-9-7-5-2)15-14-21(24)27-19-20(3)18-23/h8-11,20,22-23H,3-7,12-19H2,1-2H3/b10-8-,11-9-. The molecule has 0 amide bonds. The Morgan fingerprint density at radius 2 is 1.48 bits per heavy atom. The zero-order chi connectivity index (χ0) is 20.2. The van der Waals surface area contributed by atoms with Crippen LogP contribution in [0.1, 0.15) is 65.2 Å². The van der Waals surface area contributed by atoms with Gasteiger partial charge in [-0.1, -0.05) is 51.0 Å². The molecule has 0 rings (SSSR count). The minimum absolute atomic E-state index is 0.0980. The lowest BCUT2D eigenvalue weighted by molar-refractivity contribution is -0.158. The lowest BCUT2D eigenvalue weighted by Gasteiger charge is -2.18. The van der Waals surface area contributed by atoms with E-state index in [1.54, 1.807) is 0 Å². The zero-order valence-electron chi connectivity index (χ0n) is 17.2. The number of rotatable bonds is 18. The second kappa shape index (κ2) is 19.6. The molecule has 1 radical (unpaired) electrons. The number of aliphatic hydroxyl groups is 1. The molecule has 0 aromatic rings. The van der Waals surface area contributed by atoms with Crippen molar-refractivity contribution in [3.8, 4) is 0 Å². The number of hydrogen-bond acceptors (Lipinski definition) is 5. The van der Waals surface area contributed by atoms with Crippen LogP contribution in [0.2, 0.25) is 0 Å². The fourth-order valence-corrected chi connectivity index (χ4v) is 2.13. The van der Waals surface area contributed by atoms with E-state index in [4.69, 9.17) is 19.3 Å². The maximum Gasteiger partial charge on any atom is 0.305 e. The molecule has 0 aromatic carbocycles. The summed E-state index contributed by atoms with van der Waals surface area (Å²) in [5.74, 6) is -0.609. The fraction of sp³-hybridized carbons (Fsp3) is 0.727. The van der Waals surface area contributed by atoms with Crippen molar-refractivity contribution in [3.05, 3.63) is 31.2 Å². The predicted molar refractivity (Wildman–Crippen MR) is 109 cm³/mol. The van der Waals surface area contributed by atoms with Crippen LogP contribution in [-0.2, 0) is 19.0 Å². The van der Waals surface area contributed by atoms with Gasteiger partial charge in [-0.3, -0.25) is 4.79 Å². The third-order valence-corrected chi connectivity index (χ3v) is 3.74. The van der Waals surface area contributed by atoms with Crippen molar-refractivity contribution >= 4 is 5.97 Å². The summed E-state index contributed by atoms with van der Waals surface area (Å²) in [5, 5.41) is 8.91. The molecule has 5 heteroatoms. The second-order valence-electron chi connectivity index (χ2n) is 6.54. The second-order valence-corrected chi connectivity index (χ2v) is 6.54. The van der Waals surface area contributed by atoms with E-state index in [2.05, 4.69) is 45.1 Å². The Labute approximate surface area is 165 Å². The summed E-state index contributed by atoms with van der Waals surface area (Å²) in [5.41, 5.74) is 0. The number of hydrogen-bond donors (Lipinski definition) is 1. The Morgan fingerprint density at radius 3 is 1.96 bits per heavy atom. The van der Waals surface area contributed by atoms with E-state index in [9.17, 15) is 4.79 Å². The van der Waals surface area contributed by atoms with E-state index < -0.39 is 6.29 Å². The number of unbranched alkanes of at least 4 members (excludes halogenated alkanes) is 2. The predicted octanol–water partition coefficient (Wildman–Crippen LogP) is 4.60. The van der Waals surface area contributed by atoms with Crippen LogP contribution in [-0.4, -0.2) is 43.8 Å². The van der Waals surface area contributed by atoms with E-state index in [0.717, 1.165) is 38.5 Å². The average Bonchev–Trinajstić information content (AvgIpc) is 2.68. The molecule has 27 heavy (non-hydrogen) atoms. The molecule has 0 spiro atoms. The van der Waals surface area contributed by atoms with Crippen LogP contribution in [0.4, 0.5) is 0 Å². The summed E-state index contributed by atoms with van der Waals surface area (Å²) >= 11 is 0. The Balaban J connectivity index is 4.18. The van der Waals surface area contributed by atoms with Crippen LogP contribution in [0.5, 0.6) is 0 Å². The van der Waals surface area contributed by atoms with E-state index in [0.29, 0.717) is 19.6 Å². The summed E-state index contributed by atoms with van der Waals surface area (Å²) in [6.07, 6.45) is 14.9. The number of allylic oxidation sites excluding steroid dienone is 2. The van der Waals surface area contributed by atoms with Gasteiger partial charge in [-0.05, 0) is 32.6 Å². The summed E-state index contributed by atoms with van der Waals surface area (Å²) in [7, 11) is 0. The molecule has 0 aromatic heterocycles. The monoisotopic (exact) mass is 383 g/mol. The van der Waals surface area contributed by atoms with E-state index >= 15 is 0 Å². The van der Waals surface area contributed by atoms with Crippen LogP contribution >= 0.6 is 0 Å². The highest BCUT2D eigenvalue weighted by atomic mass is 16.7. The van der Waals surface area contributed by atoms with Gasteiger partial charge in [-0.2, -0.15) is 0 Å². The molecule has 1 unspecified atom stereocenters. The maximum atomic E-state index is 11.8. The van der Waals surface area contributed by atoms with Crippen molar-refractivity contribution in [3.63, 3.8) is 0 Å². The minimum atomic E-state index is -0.412. The van der Waals surface area contributed by atoms with Crippen LogP contribution in [0.3, 0.4) is 0 Å². The highest BCUT2D eigenvalue weighted by Crippen LogP contribution is 2.09. The lowest BCUT2D eigenvalue weighted by atomic mass is 10.2. The molecule has 5 nitrogen and oxygen atoms in total. The van der Waals surface area contributed by atoms with Crippen molar-refractivity contribution in [2.45, 2.75) is 71.5 Å². The highest BCUT2D eigenvalue weighted by molar-refractivity contribution is 5.69. The molecule has 157 valence electrons. The first-order valence-electron chi connectivity index (χ1n) is 10.3. The smallest absolute Gasteiger partial charge is 0.305 e. The topological polar surface area (TPSA) is 65.0 Å². The number of carbonyl (C=O) groups is 1. The van der Waals surface area contributed by atoms with Crippen LogP contribution < -0.4 is 0 Å². The first kappa shape index (κ1) is 25.8. The van der Waals surface area contributed by atoms with Gasteiger partial charge in [0.2, 0.25) is 0 Å². The number of esters is 1. The van der Waals surface area contributed by atoms with Gasteiger partial charge in [0, 0.05) is 18.9 Å². The molecule has 0 saturated carbocycles. The van der Waals surface area contributed by atoms with Gasteiger partial charge in [0.25, 0.3) is 0 Å². The van der Waals surface area contributed by atoms with Gasteiger partial charge in [0.05, 0.1) is 26.2 Å². The molecule has 0 aliphatic rings. The average molecular weight is 384 g/mol. The Hall–Kier alpha value is -1.17. The normalized spacial score (nSPS) is 13.1. The fourth-order valence-electron chi connectivity index (χ4n) is 2.13. The molecule has 0 aliphatic carbocycles. The molecule has 0 saturated heterocycles. The molecule has 1 atom stereocenters. The summed E-state index contributed by atoms with van der Waals surface area (Å²) in [6, 6.07) is 0. The summed E-state index contributed by atoms with van der Waals surface area (Å²) in [6.45, 7) is 9.14. The maximum absolute atomic E-state index is 11.8. The Morgan fingerprint density at radius 1 is 0.963 bits per heavy atom.